The minimum absolute atomic E-state index is 0.289. The number of anilines is 1. The molecule has 0 radical (unpaired) electrons. The van der Waals surface area contributed by atoms with Gasteiger partial charge in [-0.25, -0.2) is 4.98 Å². The molecule has 0 aliphatic heterocycles. The number of nitrogens with zero attached hydrogens (tertiary/aromatic N) is 1. The Labute approximate surface area is 99.7 Å². The third-order valence-corrected chi connectivity index (χ3v) is 3.40. The normalized spacial score (nSPS) is 12.9. The van der Waals surface area contributed by atoms with Crippen molar-refractivity contribution in [2.75, 3.05) is 11.9 Å². The van der Waals surface area contributed by atoms with Gasteiger partial charge in [0.2, 0.25) is 0 Å². The smallest absolute Gasteiger partial charge is 0.183 e. The maximum absolute atomic E-state index is 5.69. The number of thiazole rings is 1. The maximum atomic E-state index is 5.69. The van der Waals surface area contributed by atoms with Gasteiger partial charge in [0, 0.05) is 12.6 Å². The van der Waals surface area contributed by atoms with Gasteiger partial charge in [-0.1, -0.05) is 23.5 Å². The summed E-state index contributed by atoms with van der Waals surface area (Å²) in [6.07, 6.45) is 2.14. The fourth-order valence-corrected chi connectivity index (χ4v) is 2.46. The number of nitrogens with one attached hydrogen (secondary N) is 1. The summed E-state index contributed by atoms with van der Waals surface area (Å²) in [5, 5.41) is 4.35. The number of aromatic nitrogens is 1. The number of para-hydroxylation sites is 1. The molecule has 0 amide bonds. The van der Waals surface area contributed by atoms with Crippen LogP contribution in [-0.2, 0) is 0 Å². The molecule has 3 nitrogen and oxygen atoms in total. The quantitative estimate of drug-likeness (QED) is 0.783. The number of hydrogen-bond donors (Lipinski definition) is 2. The van der Waals surface area contributed by atoms with E-state index in [1.165, 1.54) is 4.70 Å². The second kappa shape index (κ2) is 5.27. The first-order chi connectivity index (χ1) is 7.75. The van der Waals surface area contributed by atoms with Crippen LogP contribution in [0.3, 0.4) is 0 Å². The van der Waals surface area contributed by atoms with Crippen molar-refractivity contribution < 1.29 is 0 Å². The molecule has 0 spiro atoms. The Bertz CT molecular complexity index is 417. The molecule has 1 heterocycles. The zero-order valence-electron chi connectivity index (χ0n) is 9.44. The van der Waals surface area contributed by atoms with Gasteiger partial charge in [-0.15, -0.1) is 0 Å². The van der Waals surface area contributed by atoms with Gasteiger partial charge in [0.15, 0.2) is 5.13 Å². The first kappa shape index (κ1) is 11.4. The summed E-state index contributed by atoms with van der Waals surface area (Å²) in [5.74, 6) is 0. The Kier molecular flexibility index (Phi) is 3.74. The molecule has 0 aliphatic carbocycles. The highest BCUT2D eigenvalue weighted by Crippen LogP contribution is 2.25. The van der Waals surface area contributed by atoms with Gasteiger partial charge in [0.1, 0.15) is 0 Å². The van der Waals surface area contributed by atoms with Crippen molar-refractivity contribution >= 4 is 26.7 Å². The van der Waals surface area contributed by atoms with E-state index in [2.05, 4.69) is 16.4 Å². The van der Waals surface area contributed by atoms with Crippen LogP contribution >= 0.6 is 11.3 Å². The van der Waals surface area contributed by atoms with E-state index in [9.17, 15) is 0 Å². The average Bonchev–Trinajstić information content (AvgIpc) is 2.66. The summed E-state index contributed by atoms with van der Waals surface area (Å²) in [6, 6.07) is 8.48. The fourth-order valence-electron chi connectivity index (χ4n) is 1.57. The molecule has 4 heteroatoms. The first-order valence-electron chi connectivity index (χ1n) is 5.61. The Morgan fingerprint density at radius 3 is 3.00 bits per heavy atom. The predicted molar refractivity (Wildman–Crippen MR) is 71.0 cm³/mol. The zero-order valence-corrected chi connectivity index (χ0v) is 10.3. The molecule has 16 heavy (non-hydrogen) atoms. The zero-order chi connectivity index (χ0) is 11.4. The Balaban J connectivity index is 1.89. The van der Waals surface area contributed by atoms with Gasteiger partial charge in [-0.05, 0) is 31.9 Å². The molecule has 2 aromatic rings. The summed E-state index contributed by atoms with van der Waals surface area (Å²) in [6.45, 7) is 2.99. The van der Waals surface area contributed by atoms with Crippen LogP contribution < -0.4 is 11.1 Å². The molecule has 0 fully saturated rings. The Morgan fingerprint density at radius 2 is 2.25 bits per heavy atom. The van der Waals surface area contributed by atoms with Gasteiger partial charge < -0.3 is 11.1 Å². The van der Waals surface area contributed by atoms with Gasteiger partial charge in [0.25, 0.3) is 0 Å². The second-order valence-corrected chi connectivity index (χ2v) is 5.06. The van der Waals surface area contributed by atoms with E-state index in [1.54, 1.807) is 11.3 Å². The second-order valence-electron chi connectivity index (χ2n) is 4.03. The van der Waals surface area contributed by atoms with E-state index in [4.69, 9.17) is 5.73 Å². The van der Waals surface area contributed by atoms with E-state index in [-0.39, 0.29) is 6.04 Å². The summed E-state index contributed by atoms with van der Waals surface area (Å²) in [4.78, 5) is 4.51. The molecule has 1 unspecified atom stereocenters. The maximum Gasteiger partial charge on any atom is 0.183 e. The molecular formula is C12H17N3S. The first-order valence-corrected chi connectivity index (χ1v) is 6.42. The minimum atomic E-state index is 0.289. The van der Waals surface area contributed by atoms with Crippen LogP contribution in [0.1, 0.15) is 19.8 Å². The van der Waals surface area contributed by atoms with Crippen molar-refractivity contribution in [2.45, 2.75) is 25.8 Å². The molecular weight excluding hydrogens is 218 g/mol. The molecule has 86 valence electrons. The highest BCUT2D eigenvalue weighted by Gasteiger charge is 2.01. The van der Waals surface area contributed by atoms with Crippen LogP contribution in [-0.4, -0.2) is 17.6 Å². The number of nitrogens with two attached hydrogens (primary N) is 1. The fraction of sp³-hybridized carbons (Fsp3) is 0.417. The van der Waals surface area contributed by atoms with Gasteiger partial charge in [-0.2, -0.15) is 0 Å². The van der Waals surface area contributed by atoms with Gasteiger partial charge in [-0.3, -0.25) is 0 Å². The van der Waals surface area contributed by atoms with E-state index in [1.807, 2.05) is 25.1 Å². The van der Waals surface area contributed by atoms with Crippen LogP contribution in [0.15, 0.2) is 24.3 Å². The van der Waals surface area contributed by atoms with E-state index < -0.39 is 0 Å². The van der Waals surface area contributed by atoms with Crippen LogP contribution in [0.25, 0.3) is 10.2 Å². The summed E-state index contributed by atoms with van der Waals surface area (Å²) >= 11 is 1.70. The molecule has 0 bridgehead atoms. The SMILES string of the molecule is CC(N)CCCNc1nc2ccccc2s1. The van der Waals surface area contributed by atoms with Crippen molar-refractivity contribution in [3.63, 3.8) is 0 Å². The molecule has 3 N–H and O–H groups in total. The summed E-state index contributed by atoms with van der Waals surface area (Å²) in [7, 11) is 0. The van der Waals surface area contributed by atoms with Crippen LogP contribution in [0.2, 0.25) is 0 Å². The van der Waals surface area contributed by atoms with Gasteiger partial charge >= 0.3 is 0 Å². The number of benzene rings is 1. The van der Waals surface area contributed by atoms with E-state index in [0.29, 0.717) is 0 Å². The van der Waals surface area contributed by atoms with E-state index in [0.717, 1.165) is 30.0 Å². The summed E-state index contributed by atoms with van der Waals surface area (Å²) < 4.78 is 1.23. The molecule has 0 saturated carbocycles. The molecule has 0 saturated heterocycles. The van der Waals surface area contributed by atoms with Crippen molar-refractivity contribution in [1.82, 2.24) is 4.98 Å². The monoisotopic (exact) mass is 235 g/mol. The topological polar surface area (TPSA) is 50.9 Å². The third kappa shape index (κ3) is 2.93. The predicted octanol–water partition coefficient (Wildman–Crippen LogP) is 2.84. The minimum Gasteiger partial charge on any atom is -0.361 e. The molecule has 1 aromatic carbocycles. The van der Waals surface area contributed by atoms with Crippen LogP contribution in [0, 0.1) is 0 Å². The number of fused-ring (bicyclic) bond motifs is 1. The third-order valence-electron chi connectivity index (χ3n) is 2.41. The number of rotatable bonds is 5. The van der Waals surface area contributed by atoms with Crippen molar-refractivity contribution in [3.8, 4) is 0 Å². The standard InChI is InChI=1S/C12H17N3S/c1-9(13)5-4-8-14-12-15-10-6-2-3-7-11(10)16-12/h2-3,6-7,9H,4-5,8,13H2,1H3,(H,14,15). The van der Waals surface area contributed by atoms with Gasteiger partial charge in [0.05, 0.1) is 10.2 Å². The lowest BCUT2D eigenvalue weighted by molar-refractivity contribution is 0.639. The Hall–Kier alpha value is -1.13. The largest absolute Gasteiger partial charge is 0.361 e. The lowest BCUT2D eigenvalue weighted by atomic mass is 10.2. The van der Waals surface area contributed by atoms with E-state index >= 15 is 0 Å². The Morgan fingerprint density at radius 1 is 1.44 bits per heavy atom. The van der Waals surface area contributed by atoms with Crippen molar-refractivity contribution in [2.24, 2.45) is 5.73 Å². The average molecular weight is 235 g/mol. The molecule has 1 aromatic heterocycles. The molecule has 0 aliphatic rings. The van der Waals surface area contributed by atoms with Crippen molar-refractivity contribution in [1.29, 1.82) is 0 Å². The van der Waals surface area contributed by atoms with Crippen LogP contribution in [0.4, 0.5) is 5.13 Å². The summed E-state index contributed by atoms with van der Waals surface area (Å²) in [5.41, 5.74) is 6.76. The lowest BCUT2D eigenvalue weighted by Gasteiger charge is -2.04. The highest BCUT2D eigenvalue weighted by atomic mass is 32.1. The highest BCUT2D eigenvalue weighted by molar-refractivity contribution is 7.22. The van der Waals surface area contributed by atoms with Crippen LogP contribution in [0.5, 0.6) is 0 Å². The lowest BCUT2D eigenvalue weighted by Crippen LogP contribution is -2.16. The van der Waals surface area contributed by atoms with Crippen molar-refractivity contribution in [3.05, 3.63) is 24.3 Å². The molecule has 2 rings (SSSR count). The molecule has 1 atom stereocenters. The number of hydrogen-bond acceptors (Lipinski definition) is 4.